The molecule has 0 atom stereocenters. The molecule has 0 unspecified atom stereocenters. The summed E-state index contributed by atoms with van der Waals surface area (Å²) in [6.45, 7) is 2.07. The number of halogens is 1. The Balaban J connectivity index is 1.83. The number of allylic oxidation sites excluding steroid dienone is 1. The number of nitrogens with one attached hydrogen (secondary N) is 1. The number of carbonyl (C=O) groups excluding carboxylic acids is 1. The Labute approximate surface area is 156 Å². The second kappa shape index (κ2) is 8.24. The van der Waals surface area contributed by atoms with Gasteiger partial charge in [-0.1, -0.05) is 41.4 Å². The Bertz CT molecular complexity index is 865. The molecule has 0 fully saturated rings. The molecule has 0 amide bonds. The van der Waals surface area contributed by atoms with E-state index in [1.165, 1.54) is 11.1 Å². The minimum atomic E-state index is 0.00313. The van der Waals surface area contributed by atoms with Crippen LogP contribution in [0.5, 0.6) is 0 Å². The molecular formula is C21H18ClNOS. The van der Waals surface area contributed by atoms with Gasteiger partial charge < -0.3 is 4.98 Å². The molecule has 126 valence electrons. The van der Waals surface area contributed by atoms with Crippen LogP contribution >= 0.6 is 23.4 Å². The third-order valence-electron chi connectivity index (χ3n) is 3.75. The van der Waals surface area contributed by atoms with E-state index in [0.717, 1.165) is 11.4 Å². The second-order valence-corrected chi connectivity index (χ2v) is 7.20. The molecule has 3 rings (SSSR count). The van der Waals surface area contributed by atoms with Gasteiger partial charge in [-0.2, -0.15) is 0 Å². The maximum Gasteiger partial charge on any atom is 0.199 e. The molecular weight excluding hydrogens is 350 g/mol. The molecule has 1 N–H and O–H groups in total. The van der Waals surface area contributed by atoms with Crippen LogP contribution in [0.25, 0.3) is 6.08 Å². The Morgan fingerprint density at radius 2 is 1.80 bits per heavy atom. The summed E-state index contributed by atoms with van der Waals surface area (Å²) in [6.07, 6.45) is 3.75. The average Bonchev–Trinajstić information content (AvgIpc) is 3.13. The van der Waals surface area contributed by atoms with Gasteiger partial charge in [-0.25, -0.2) is 0 Å². The summed E-state index contributed by atoms with van der Waals surface area (Å²) in [5.41, 5.74) is 3.97. The first-order valence-electron chi connectivity index (χ1n) is 7.95. The van der Waals surface area contributed by atoms with Gasteiger partial charge in [-0.05, 0) is 55.0 Å². The zero-order valence-electron chi connectivity index (χ0n) is 13.8. The Morgan fingerprint density at radius 3 is 2.44 bits per heavy atom. The summed E-state index contributed by atoms with van der Waals surface area (Å²) in [5, 5.41) is 0.624. The number of carbonyl (C=O) groups is 1. The minimum Gasteiger partial charge on any atom is -0.362 e. The van der Waals surface area contributed by atoms with Crippen molar-refractivity contribution in [1.29, 1.82) is 0 Å². The van der Waals surface area contributed by atoms with Gasteiger partial charge in [0.25, 0.3) is 0 Å². The van der Waals surface area contributed by atoms with Crippen molar-refractivity contribution in [3.05, 3.63) is 99.2 Å². The largest absolute Gasteiger partial charge is 0.362 e. The van der Waals surface area contributed by atoms with E-state index in [1.807, 2.05) is 24.4 Å². The van der Waals surface area contributed by atoms with Gasteiger partial charge in [-0.15, -0.1) is 11.8 Å². The number of H-pyrrole nitrogens is 1. The zero-order chi connectivity index (χ0) is 17.6. The summed E-state index contributed by atoms with van der Waals surface area (Å²) >= 11 is 7.47. The van der Waals surface area contributed by atoms with Crippen LogP contribution in [0.2, 0.25) is 5.02 Å². The summed E-state index contributed by atoms with van der Waals surface area (Å²) in [6, 6.07) is 19.2. The maximum atomic E-state index is 12.9. The van der Waals surface area contributed by atoms with Crippen LogP contribution in [0, 0.1) is 6.92 Å². The van der Waals surface area contributed by atoms with Crippen molar-refractivity contribution in [3.63, 3.8) is 0 Å². The number of Topliss-reactive ketones (excluding diaryl/α,β-unsaturated/α-hetero) is 1. The molecule has 25 heavy (non-hydrogen) atoms. The number of aryl methyl sites for hydroxylation is 1. The smallest absolute Gasteiger partial charge is 0.199 e. The standard InChI is InChI=1S/C21H18ClNOS/c1-15-4-6-16(7-5-15)14-25-20(13-19-3-2-12-23-19)21(24)17-8-10-18(22)11-9-17/h2-13,23H,14H2,1H3/b20-13+. The van der Waals surface area contributed by atoms with Crippen molar-refractivity contribution >= 4 is 35.2 Å². The average molecular weight is 368 g/mol. The van der Waals surface area contributed by atoms with Crippen molar-refractivity contribution in [1.82, 2.24) is 4.98 Å². The van der Waals surface area contributed by atoms with Gasteiger partial charge in [0.1, 0.15) is 0 Å². The van der Waals surface area contributed by atoms with E-state index in [2.05, 4.69) is 36.2 Å². The third kappa shape index (κ3) is 4.88. The number of aromatic nitrogens is 1. The van der Waals surface area contributed by atoms with Crippen molar-refractivity contribution in [2.24, 2.45) is 0 Å². The van der Waals surface area contributed by atoms with Crippen molar-refractivity contribution in [2.45, 2.75) is 12.7 Å². The lowest BCUT2D eigenvalue weighted by atomic mass is 10.1. The Morgan fingerprint density at radius 1 is 1.08 bits per heavy atom. The highest BCUT2D eigenvalue weighted by molar-refractivity contribution is 8.03. The highest BCUT2D eigenvalue weighted by Crippen LogP contribution is 2.27. The SMILES string of the molecule is Cc1ccc(CS/C(=C/c2ccc[nH]2)C(=O)c2ccc(Cl)cc2)cc1. The molecule has 2 nitrogen and oxygen atoms in total. The molecule has 0 bridgehead atoms. The lowest BCUT2D eigenvalue weighted by Gasteiger charge is -2.08. The predicted octanol–water partition coefficient (Wildman–Crippen LogP) is 6.13. The second-order valence-electron chi connectivity index (χ2n) is 5.74. The maximum absolute atomic E-state index is 12.9. The van der Waals surface area contributed by atoms with Crippen LogP contribution in [-0.2, 0) is 5.75 Å². The molecule has 0 radical (unpaired) electrons. The summed E-state index contributed by atoms with van der Waals surface area (Å²) in [7, 11) is 0. The molecule has 0 aliphatic rings. The Hall–Kier alpha value is -2.23. The molecule has 3 aromatic rings. The summed E-state index contributed by atoms with van der Waals surface area (Å²) < 4.78 is 0. The van der Waals surface area contributed by atoms with E-state index in [0.29, 0.717) is 15.5 Å². The number of hydrogen-bond acceptors (Lipinski definition) is 2. The first-order chi connectivity index (χ1) is 12.1. The topological polar surface area (TPSA) is 32.9 Å². The van der Waals surface area contributed by atoms with Gasteiger partial charge in [0.05, 0.1) is 4.91 Å². The van der Waals surface area contributed by atoms with Crippen LogP contribution in [0.4, 0.5) is 0 Å². The highest BCUT2D eigenvalue weighted by Gasteiger charge is 2.14. The van der Waals surface area contributed by atoms with Gasteiger partial charge in [0.2, 0.25) is 0 Å². The van der Waals surface area contributed by atoms with E-state index >= 15 is 0 Å². The van der Waals surface area contributed by atoms with E-state index in [-0.39, 0.29) is 5.78 Å². The van der Waals surface area contributed by atoms with Crippen molar-refractivity contribution in [3.8, 4) is 0 Å². The number of rotatable bonds is 6. The van der Waals surface area contributed by atoms with Crippen LogP contribution < -0.4 is 0 Å². The molecule has 0 aliphatic heterocycles. The monoisotopic (exact) mass is 367 g/mol. The van der Waals surface area contributed by atoms with Gasteiger partial charge in [0.15, 0.2) is 5.78 Å². The fourth-order valence-corrected chi connectivity index (χ4v) is 3.44. The number of aromatic amines is 1. The fraction of sp³-hybridized carbons (Fsp3) is 0.0952. The highest BCUT2D eigenvalue weighted by atomic mass is 35.5. The number of hydrogen-bond donors (Lipinski definition) is 1. The third-order valence-corrected chi connectivity index (χ3v) is 5.10. The lowest BCUT2D eigenvalue weighted by Crippen LogP contribution is -2.01. The van der Waals surface area contributed by atoms with E-state index in [9.17, 15) is 4.79 Å². The zero-order valence-corrected chi connectivity index (χ0v) is 15.4. The Kier molecular flexibility index (Phi) is 5.79. The molecule has 0 aliphatic carbocycles. The molecule has 2 aromatic carbocycles. The van der Waals surface area contributed by atoms with E-state index in [1.54, 1.807) is 36.0 Å². The van der Waals surface area contributed by atoms with E-state index in [4.69, 9.17) is 11.6 Å². The predicted molar refractivity (Wildman–Crippen MR) is 107 cm³/mol. The summed E-state index contributed by atoms with van der Waals surface area (Å²) in [5.74, 6) is 0.745. The van der Waals surface area contributed by atoms with Crippen molar-refractivity contribution < 1.29 is 4.79 Å². The molecule has 4 heteroatoms. The van der Waals surface area contributed by atoms with Crippen molar-refractivity contribution in [2.75, 3.05) is 0 Å². The van der Waals surface area contributed by atoms with Gasteiger partial charge in [-0.3, -0.25) is 4.79 Å². The number of benzene rings is 2. The molecule has 0 spiro atoms. The van der Waals surface area contributed by atoms with Gasteiger partial charge in [0, 0.05) is 28.2 Å². The number of thioether (sulfide) groups is 1. The van der Waals surface area contributed by atoms with E-state index < -0.39 is 0 Å². The van der Waals surface area contributed by atoms with Gasteiger partial charge >= 0.3 is 0 Å². The molecule has 0 saturated carbocycles. The normalized spacial score (nSPS) is 11.5. The quantitative estimate of drug-likeness (QED) is 0.419. The first kappa shape index (κ1) is 17.6. The van der Waals surface area contributed by atoms with Crippen LogP contribution in [0.1, 0.15) is 27.2 Å². The fourth-order valence-electron chi connectivity index (χ4n) is 2.34. The van der Waals surface area contributed by atoms with Crippen LogP contribution in [-0.4, -0.2) is 10.8 Å². The first-order valence-corrected chi connectivity index (χ1v) is 9.32. The summed E-state index contributed by atoms with van der Waals surface area (Å²) in [4.78, 5) is 16.7. The lowest BCUT2D eigenvalue weighted by molar-refractivity contribution is 0.104. The molecule has 1 heterocycles. The van der Waals surface area contributed by atoms with Crippen LogP contribution in [0.15, 0.2) is 71.8 Å². The molecule has 0 saturated heterocycles. The minimum absolute atomic E-state index is 0.00313. The van der Waals surface area contributed by atoms with Crippen LogP contribution in [0.3, 0.4) is 0 Å². The molecule has 1 aromatic heterocycles. The number of ketones is 1.